The number of aryl methyl sites for hydroxylation is 1. The summed E-state index contributed by atoms with van der Waals surface area (Å²) in [5, 5.41) is 31.5. The fourth-order valence-electron chi connectivity index (χ4n) is 4.34. The molecule has 3 amide bonds. The number of aromatic hydroxyl groups is 2. The number of unbranched alkanes of at least 4 members (excludes halogenated alkanes) is 1. The fourth-order valence-corrected chi connectivity index (χ4v) is 4.34. The van der Waals surface area contributed by atoms with E-state index in [0.717, 1.165) is 11.0 Å². The van der Waals surface area contributed by atoms with Crippen molar-refractivity contribution in [3.05, 3.63) is 53.1 Å². The van der Waals surface area contributed by atoms with Crippen LogP contribution in [0, 0.1) is 6.92 Å². The molecule has 1 unspecified atom stereocenters. The van der Waals surface area contributed by atoms with Gasteiger partial charge in [0.15, 0.2) is 11.5 Å². The zero-order valence-electron chi connectivity index (χ0n) is 20.8. The number of phenols is 2. The monoisotopic (exact) mass is 564 g/mol. The number of amides is 3. The Balaban J connectivity index is 1.62. The van der Waals surface area contributed by atoms with Crippen LogP contribution in [0.1, 0.15) is 42.9 Å². The zero-order valence-corrected chi connectivity index (χ0v) is 20.8. The smallest absolute Gasteiger partial charge is 0.430 e. The summed E-state index contributed by atoms with van der Waals surface area (Å²) in [6.45, 7) is 2.85. The number of ether oxygens (including phenoxy) is 1. The van der Waals surface area contributed by atoms with Crippen LogP contribution in [0.3, 0.4) is 0 Å². The molecule has 0 bridgehead atoms. The van der Waals surface area contributed by atoms with Crippen molar-refractivity contribution < 1.29 is 56.0 Å². The molecule has 0 aromatic heterocycles. The quantitative estimate of drug-likeness (QED) is 0.151. The van der Waals surface area contributed by atoms with Crippen LogP contribution >= 0.6 is 0 Å². The molecule has 14 heteroatoms. The van der Waals surface area contributed by atoms with Gasteiger partial charge in [0.2, 0.25) is 0 Å². The van der Waals surface area contributed by atoms with E-state index in [1.807, 2.05) is 0 Å². The van der Waals surface area contributed by atoms with Gasteiger partial charge in [0.1, 0.15) is 11.3 Å². The predicted molar refractivity (Wildman–Crippen MR) is 124 cm³/mol. The molecular weight excluding hydrogens is 538 g/mol. The first kappa shape index (κ1) is 29.9. The van der Waals surface area contributed by atoms with Crippen LogP contribution < -0.4 is 10.1 Å². The van der Waals surface area contributed by atoms with Crippen LogP contribution in [0.15, 0.2) is 36.4 Å². The second-order valence-corrected chi connectivity index (χ2v) is 9.09. The second-order valence-electron chi connectivity index (χ2n) is 9.09. The Bertz CT molecular complexity index is 1230. The van der Waals surface area contributed by atoms with Crippen molar-refractivity contribution in [3.8, 4) is 17.2 Å². The maximum Gasteiger partial charge on any atom is 0.430 e. The number of hydrogen-bond acceptors (Lipinski definition) is 6. The normalized spacial score (nSPS) is 18.4. The van der Waals surface area contributed by atoms with E-state index in [1.165, 1.54) is 25.1 Å². The molecule has 2 aromatic carbocycles. The fraction of sp³-hybridized carbons (Fsp3) is 0.440. The molecule has 8 nitrogen and oxygen atoms in total. The van der Waals surface area contributed by atoms with Gasteiger partial charge in [0, 0.05) is 12.1 Å². The number of carbonyl (C=O) groups is 2. The van der Waals surface area contributed by atoms with Gasteiger partial charge in [-0.1, -0.05) is 19.1 Å². The number of carbonyl (C=O) groups excluding carboxylic acids is 2. The Morgan fingerprint density at radius 2 is 1.59 bits per heavy atom. The zero-order chi connectivity index (χ0) is 29.4. The van der Waals surface area contributed by atoms with Crippen LogP contribution in [-0.4, -0.2) is 57.7 Å². The Kier molecular flexibility index (Phi) is 8.02. The molecule has 1 saturated heterocycles. The number of urea groups is 1. The number of benzene rings is 2. The highest BCUT2D eigenvalue weighted by molar-refractivity contribution is 6.07. The first-order chi connectivity index (χ1) is 18.0. The summed E-state index contributed by atoms with van der Waals surface area (Å²) in [6, 6.07) is 5.06. The molecule has 39 heavy (non-hydrogen) atoms. The van der Waals surface area contributed by atoms with Gasteiger partial charge in [-0.15, -0.1) is 0 Å². The minimum absolute atomic E-state index is 0.00224. The third-order valence-electron chi connectivity index (χ3n) is 6.62. The topological polar surface area (TPSA) is 119 Å². The van der Waals surface area contributed by atoms with Crippen molar-refractivity contribution in [2.75, 3.05) is 13.2 Å². The molecule has 2 aromatic rings. The van der Waals surface area contributed by atoms with Crippen molar-refractivity contribution in [1.29, 1.82) is 0 Å². The molecule has 1 atom stereocenters. The summed E-state index contributed by atoms with van der Waals surface area (Å²) >= 11 is 0. The van der Waals surface area contributed by atoms with Gasteiger partial charge in [-0.05, 0) is 61.6 Å². The van der Waals surface area contributed by atoms with Gasteiger partial charge >= 0.3 is 18.4 Å². The number of aliphatic hydroxyl groups is 1. The second kappa shape index (κ2) is 10.5. The number of rotatable bonds is 9. The van der Waals surface area contributed by atoms with Gasteiger partial charge in [0.25, 0.3) is 11.5 Å². The van der Waals surface area contributed by atoms with E-state index in [2.05, 4.69) is 5.32 Å². The predicted octanol–water partition coefficient (Wildman–Crippen LogP) is 4.73. The van der Waals surface area contributed by atoms with Crippen molar-refractivity contribution in [3.63, 3.8) is 0 Å². The third-order valence-corrected chi connectivity index (χ3v) is 6.62. The molecule has 0 radical (unpaired) electrons. The van der Waals surface area contributed by atoms with Crippen molar-refractivity contribution >= 4 is 11.9 Å². The molecule has 0 saturated carbocycles. The SMILES string of the molecule is CCC1(c2ccc(O)c(O)c2)NC(=O)N(CCCCOc2ccc(C(O)(C(F)(F)F)C(F)(F)F)cc2C)C1=O. The van der Waals surface area contributed by atoms with E-state index < -0.39 is 46.7 Å². The molecule has 1 fully saturated rings. The highest BCUT2D eigenvalue weighted by atomic mass is 19.4. The lowest BCUT2D eigenvalue weighted by Gasteiger charge is -2.33. The largest absolute Gasteiger partial charge is 0.504 e. The Labute approximate surface area is 218 Å². The number of halogens is 6. The molecule has 0 aliphatic carbocycles. The lowest BCUT2D eigenvalue weighted by atomic mass is 9.87. The minimum atomic E-state index is -6.00. The van der Waals surface area contributed by atoms with Gasteiger partial charge in [-0.2, -0.15) is 26.3 Å². The first-order valence-corrected chi connectivity index (χ1v) is 11.8. The summed E-state index contributed by atoms with van der Waals surface area (Å²) in [4.78, 5) is 26.7. The van der Waals surface area contributed by atoms with E-state index in [1.54, 1.807) is 6.92 Å². The lowest BCUT2D eigenvalue weighted by molar-refractivity contribution is -0.376. The molecule has 214 valence electrons. The number of hydrogen-bond donors (Lipinski definition) is 4. The number of nitrogens with zero attached hydrogens (tertiary/aromatic N) is 1. The number of nitrogens with one attached hydrogen (secondary N) is 1. The summed E-state index contributed by atoms with van der Waals surface area (Å²) in [6.07, 6.45) is -11.3. The van der Waals surface area contributed by atoms with Gasteiger partial charge in [0.05, 0.1) is 6.61 Å². The van der Waals surface area contributed by atoms with Crippen LogP contribution in [0.25, 0.3) is 0 Å². The van der Waals surface area contributed by atoms with Crippen molar-refractivity contribution in [2.45, 2.75) is 56.6 Å². The molecule has 4 N–H and O–H groups in total. The van der Waals surface area contributed by atoms with E-state index in [9.17, 15) is 51.3 Å². The number of phenolic OH excluding ortho intramolecular Hbond substituents is 2. The van der Waals surface area contributed by atoms with Crippen LogP contribution in [0.5, 0.6) is 17.2 Å². The summed E-state index contributed by atoms with van der Waals surface area (Å²) in [5.74, 6) is -1.41. The third kappa shape index (κ3) is 5.29. The van der Waals surface area contributed by atoms with Gasteiger partial charge in [-0.25, -0.2) is 4.79 Å². The van der Waals surface area contributed by atoms with Gasteiger partial charge in [-0.3, -0.25) is 9.69 Å². The molecule has 0 spiro atoms. The highest BCUT2D eigenvalue weighted by Gasteiger charge is 2.71. The molecule has 3 rings (SSSR count). The Morgan fingerprint density at radius 1 is 0.949 bits per heavy atom. The molecule has 1 aliphatic heterocycles. The minimum Gasteiger partial charge on any atom is -0.504 e. The Hall–Kier alpha value is -3.68. The molecule has 1 aliphatic rings. The first-order valence-electron chi connectivity index (χ1n) is 11.8. The number of alkyl halides is 6. The maximum atomic E-state index is 13.1. The average Bonchev–Trinajstić information content (AvgIpc) is 3.09. The van der Waals surface area contributed by atoms with Crippen LogP contribution in [0.2, 0.25) is 0 Å². The van der Waals surface area contributed by atoms with Gasteiger partial charge < -0.3 is 25.4 Å². The maximum absolute atomic E-state index is 13.1. The summed E-state index contributed by atoms with van der Waals surface area (Å²) in [7, 11) is 0. The highest BCUT2D eigenvalue weighted by Crippen LogP contribution is 2.50. The van der Waals surface area contributed by atoms with Crippen molar-refractivity contribution in [1.82, 2.24) is 10.2 Å². The summed E-state index contributed by atoms with van der Waals surface area (Å²) < 4.78 is 84.1. The standard InChI is InChI=1S/C25H26F6N2O6/c1-3-22(15-6-8-17(34)18(35)13-15)20(36)33(21(37)32-22)10-4-5-11-39-19-9-7-16(12-14(19)2)23(38,24(26,27)28)25(29,30)31/h6-9,12-13,34-35,38H,3-5,10-11H2,1-2H3,(H,32,37). The molecule has 1 heterocycles. The number of imide groups is 1. The Morgan fingerprint density at radius 3 is 2.13 bits per heavy atom. The van der Waals surface area contributed by atoms with Crippen LogP contribution in [0.4, 0.5) is 31.1 Å². The average molecular weight is 564 g/mol. The van der Waals surface area contributed by atoms with E-state index >= 15 is 0 Å². The summed E-state index contributed by atoms with van der Waals surface area (Å²) in [5.41, 5.74) is -7.66. The van der Waals surface area contributed by atoms with E-state index in [-0.39, 0.29) is 55.0 Å². The molecular formula is C25H26F6N2O6. The van der Waals surface area contributed by atoms with Crippen molar-refractivity contribution in [2.24, 2.45) is 0 Å². The lowest BCUT2D eigenvalue weighted by Crippen LogP contribution is -2.53. The van der Waals surface area contributed by atoms with E-state index in [4.69, 9.17) is 4.74 Å². The van der Waals surface area contributed by atoms with E-state index in [0.29, 0.717) is 12.1 Å². The van der Waals surface area contributed by atoms with Crippen LogP contribution in [-0.2, 0) is 15.9 Å².